The summed E-state index contributed by atoms with van der Waals surface area (Å²) in [4.78, 5) is 0. The summed E-state index contributed by atoms with van der Waals surface area (Å²) in [5.74, 6) is 1.02. The zero-order valence-electron chi connectivity index (χ0n) is 13.0. The summed E-state index contributed by atoms with van der Waals surface area (Å²) in [6, 6.07) is 14.0. The molecule has 0 amide bonds. The van der Waals surface area contributed by atoms with Crippen LogP contribution in [0.15, 0.2) is 42.5 Å². The third-order valence-corrected chi connectivity index (χ3v) is 7.39. The fourth-order valence-electron chi connectivity index (χ4n) is 2.32. The Bertz CT molecular complexity index is 759. The van der Waals surface area contributed by atoms with Crippen LogP contribution in [-0.4, -0.2) is 29.4 Å². The molecule has 0 N–H and O–H groups in total. The largest absolute Gasteiger partial charge is 0.259 e. The Balaban J connectivity index is 1.97. The molecule has 2 aromatic rings. The van der Waals surface area contributed by atoms with Gasteiger partial charge >= 0.3 is 0 Å². The van der Waals surface area contributed by atoms with Crippen molar-refractivity contribution in [2.24, 2.45) is 0 Å². The molecule has 0 fully saturated rings. The second kappa shape index (κ2) is 7.38. The molecular weight excluding hydrogens is 316 g/mol. The summed E-state index contributed by atoms with van der Waals surface area (Å²) in [6.07, 6.45) is 0.456. The van der Waals surface area contributed by atoms with Crippen LogP contribution in [0.5, 0.6) is 0 Å². The van der Waals surface area contributed by atoms with E-state index in [4.69, 9.17) is 0 Å². The predicted molar refractivity (Wildman–Crippen MR) is 94.2 cm³/mol. The molecule has 0 spiro atoms. The zero-order chi connectivity index (χ0) is 16.2. The van der Waals surface area contributed by atoms with Gasteiger partial charge in [0.1, 0.15) is 0 Å². The highest BCUT2D eigenvalue weighted by molar-refractivity contribution is 7.92. The lowest BCUT2D eigenvalue weighted by atomic mass is 10.1. The Labute approximate surface area is 135 Å². The molecule has 1 atom stereocenters. The van der Waals surface area contributed by atoms with Crippen LogP contribution < -0.4 is 0 Å². The number of rotatable bonds is 7. The Hall–Kier alpha value is -1.20. The van der Waals surface area contributed by atoms with Crippen LogP contribution in [0.1, 0.15) is 25.8 Å². The van der Waals surface area contributed by atoms with Gasteiger partial charge in [-0.05, 0) is 36.6 Å². The van der Waals surface area contributed by atoms with Crippen LogP contribution >= 0.6 is 0 Å². The molecular formula is C17H22O3S2. The molecule has 120 valence electrons. The molecule has 0 saturated heterocycles. The number of sulfone groups is 1. The first-order valence-electron chi connectivity index (χ1n) is 7.43. The summed E-state index contributed by atoms with van der Waals surface area (Å²) >= 11 is 0. The lowest BCUT2D eigenvalue weighted by Gasteiger charge is -2.08. The van der Waals surface area contributed by atoms with E-state index in [1.165, 1.54) is 0 Å². The highest BCUT2D eigenvalue weighted by Crippen LogP contribution is 2.20. The van der Waals surface area contributed by atoms with E-state index >= 15 is 0 Å². The number of fused-ring (bicyclic) bond motifs is 1. The van der Waals surface area contributed by atoms with E-state index in [1.807, 2.05) is 42.5 Å². The van der Waals surface area contributed by atoms with Gasteiger partial charge in [0.05, 0.1) is 11.0 Å². The highest BCUT2D eigenvalue weighted by Gasteiger charge is 2.16. The molecule has 5 heteroatoms. The second-order valence-electron chi connectivity index (χ2n) is 5.70. The average Bonchev–Trinajstić information content (AvgIpc) is 2.47. The zero-order valence-corrected chi connectivity index (χ0v) is 14.6. The molecule has 0 bridgehead atoms. The van der Waals surface area contributed by atoms with Gasteiger partial charge in [-0.25, -0.2) is 8.42 Å². The maximum atomic E-state index is 12.2. The minimum atomic E-state index is -3.04. The van der Waals surface area contributed by atoms with Crippen LogP contribution in [-0.2, 0) is 26.4 Å². The Morgan fingerprint density at radius 2 is 1.73 bits per heavy atom. The van der Waals surface area contributed by atoms with Gasteiger partial charge in [-0.15, -0.1) is 0 Å². The monoisotopic (exact) mass is 338 g/mol. The minimum Gasteiger partial charge on any atom is -0.259 e. The maximum absolute atomic E-state index is 12.2. The van der Waals surface area contributed by atoms with Crippen molar-refractivity contribution in [3.05, 3.63) is 48.0 Å². The molecule has 3 nitrogen and oxygen atoms in total. The van der Waals surface area contributed by atoms with E-state index in [-0.39, 0.29) is 11.0 Å². The molecule has 0 unspecified atom stereocenters. The average molecular weight is 338 g/mol. The Morgan fingerprint density at radius 1 is 1.05 bits per heavy atom. The van der Waals surface area contributed by atoms with Gasteiger partial charge in [-0.2, -0.15) is 0 Å². The molecule has 2 rings (SSSR count). The molecule has 0 heterocycles. The number of hydrogen-bond acceptors (Lipinski definition) is 3. The SMILES string of the molecule is CC(C)S(=O)(=O)CCC[S@@](=O)Cc1cccc2ccccc12. The summed E-state index contributed by atoms with van der Waals surface area (Å²) in [5, 5.41) is 1.89. The predicted octanol–water partition coefficient (Wildman–Crippen LogP) is 3.30. The van der Waals surface area contributed by atoms with Gasteiger partial charge in [0, 0.05) is 22.3 Å². The first-order chi connectivity index (χ1) is 10.4. The fraction of sp³-hybridized carbons (Fsp3) is 0.412. The van der Waals surface area contributed by atoms with E-state index in [2.05, 4.69) is 0 Å². The molecule has 0 aromatic heterocycles. The molecule has 2 aromatic carbocycles. The Morgan fingerprint density at radius 3 is 2.45 bits per heavy atom. The smallest absolute Gasteiger partial charge is 0.152 e. The molecule has 0 aliphatic heterocycles. The topological polar surface area (TPSA) is 51.2 Å². The van der Waals surface area contributed by atoms with Gasteiger partial charge < -0.3 is 0 Å². The summed E-state index contributed by atoms with van der Waals surface area (Å²) in [7, 11) is -4.08. The van der Waals surface area contributed by atoms with E-state index in [9.17, 15) is 12.6 Å². The fourth-order valence-corrected chi connectivity index (χ4v) is 4.73. The highest BCUT2D eigenvalue weighted by atomic mass is 32.2. The summed E-state index contributed by atoms with van der Waals surface area (Å²) in [5.41, 5.74) is 1.06. The van der Waals surface area contributed by atoms with Crippen LogP contribution in [0.25, 0.3) is 10.8 Å². The minimum absolute atomic E-state index is 0.117. The van der Waals surface area contributed by atoms with Gasteiger partial charge in [-0.1, -0.05) is 42.5 Å². The van der Waals surface area contributed by atoms with Crippen molar-refractivity contribution in [2.45, 2.75) is 31.3 Å². The second-order valence-corrected chi connectivity index (χ2v) is 9.95. The first kappa shape index (κ1) is 17.2. The van der Waals surface area contributed by atoms with Gasteiger partial charge in [-0.3, -0.25) is 4.21 Å². The van der Waals surface area contributed by atoms with Crippen LogP contribution in [0, 0.1) is 0 Å². The van der Waals surface area contributed by atoms with Crippen molar-refractivity contribution in [3.8, 4) is 0 Å². The van der Waals surface area contributed by atoms with Crippen molar-refractivity contribution in [2.75, 3.05) is 11.5 Å². The van der Waals surface area contributed by atoms with Gasteiger partial charge in [0.15, 0.2) is 9.84 Å². The van der Waals surface area contributed by atoms with Crippen molar-refractivity contribution in [1.82, 2.24) is 0 Å². The van der Waals surface area contributed by atoms with Crippen molar-refractivity contribution in [1.29, 1.82) is 0 Å². The number of hydrogen-bond donors (Lipinski definition) is 0. The van der Waals surface area contributed by atoms with Crippen LogP contribution in [0.3, 0.4) is 0 Å². The number of benzene rings is 2. The van der Waals surface area contributed by atoms with Gasteiger partial charge in [0.2, 0.25) is 0 Å². The molecule has 0 aliphatic rings. The summed E-state index contributed by atoms with van der Waals surface area (Å²) in [6.45, 7) is 3.37. The van der Waals surface area contributed by atoms with Gasteiger partial charge in [0.25, 0.3) is 0 Å². The Kier molecular flexibility index (Phi) is 5.75. The third-order valence-electron chi connectivity index (χ3n) is 3.72. The van der Waals surface area contributed by atoms with Crippen molar-refractivity contribution in [3.63, 3.8) is 0 Å². The first-order valence-corrected chi connectivity index (χ1v) is 10.6. The molecule has 0 saturated carbocycles. The normalized spacial score (nSPS) is 13.6. The maximum Gasteiger partial charge on any atom is 0.152 e. The van der Waals surface area contributed by atoms with Crippen LogP contribution in [0.2, 0.25) is 0 Å². The van der Waals surface area contributed by atoms with Crippen LogP contribution in [0.4, 0.5) is 0 Å². The van der Waals surface area contributed by atoms with E-state index in [1.54, 1.807) is 13.8 Å². The molecule has 22 heavy (non-hydrogen) atoms. The van der Waals surface area contributed by atoms with Crippen molar-refractivity contribution < 1.29 is 12.6 Å². The molecule has 0 aliphatic carbocycles. The van der Waals surface area contributed by atoms with E-state index in [0.29, 0.717) is 17.9 Å². The lowest BCUT2D eigenvalue weighted by Crippen LogP contribution is -2.19. The lowest BCUT2D eigenvalue weighted by molar-refractivity contribution is 0.586. The standard InChI is InChI=1S/C17H22O3S2/c1-14(2)22(19,20)12-6-11-21(18)13-16-9-5-8-15-7-3-4-10-17(15)16/h3-5,7-10,14H,6,11-13H2,1-2H3/t21-/m1/s1. The quantitative estimate of drug-likeness (QED) is 0.778. The van der Waals surface area contributed by atoms with E-state index < -0.39 is 20.6 Å². The summed E-state index contributed by atoms with van der Waals surface area (Å²) < 4.78 is 35.7. The molecule has 0 radical (unpaired) electrons. The third kappa shape index (κ3) is 4.40. The van der Waals surface area contributed by atoms with E-state index in [0.717, 1.165) is 16.3 Å². The van der Waals surface area contributed by atoms with Crippen molar-refractivity contribution >= 4 is 31.4 Å².